The van der Waals surface area contributed by atoms with Crippen molar-refractivity contribution in [1.82, 2.24) is 5.32 Å². The van der Waals surface area contributed by atoms with Crippen LogP contribution in [0.2, 0.25) is 0 Å². The molecule has 0 aromatic heterocycles. The lowest BCUT2D eigenvalue weighted by molar-refractivity contribution is -0.125. The molecule has 3 N–H and O–H groups in total. The maximum Gasteiger partial charge on any atom is 0.224 e. The van der Waals surface area contributed by atoms with Gasteiger partial charge in [0.05, 0.1) is 5.92 Å². The first-order valence-corrected chi connectivity index (χ1v) is 8.05. The van der Waals surface area contributed by atoms with Crippen LogP contribution in [0, 0.1) is 5.92 Å². The van der Waals surface area contributed by atoms with Gasteiger partial charge in [0.1, 0.15) is 0 Å². The summed E-state index contributed by atoms with van der Waals surface area (Å²) in [6, 6.07) is 9.12. The van der Waals surface area contributed by atoms with Crippen LogP contribution < -0.4 is 11.1 Å². The Morgan fingerprint density at radius 2 is 1.89 bits per heavy atom. The molecule has 0 aliphatic heterocycles. The van der Waals surface area contributed by atoms with Crippen molar-refractivity contribution in [3.8, 4) is 0 Å². The molecule has 5 heteroatoms. The summed E-state index contributed by atoms with van der Waals surface area (Å²) >= 11 is 0. The molecule has 0 radical (unpaired) electrons. The number of carbonyl (C=O) groups is 1. The highest BCUT2D eigenvalue weighted by atomic mass is 32.2. The fourth-order valence-electron chi connectivity index (χ4n) is 1.90. The van der Waals surface area contributed by atoms with Gasteiger partial charge in [-0.15, -0.1) is 0 Å². The van der Waals surface area contributed by atoms with Crippen molar-refractivity contribution in [2.24, 2.45) is 11.7 Å². The van der Waals surface area contributed by atoms with Crippen LogP contribution in [0.1, 0.15) is 25.5 Å². The maximum atomic E-state index is 12.1. The fraction of sp³-hybridized carbons (Fsp3) is 0.500. The van der Waals surface area contributed by atoms with Gasteiger partial charge in [0.25, 0.3) is 0 Å². The summed E-state index contributed by atoms with van der Waals surface area (Å²) in [6.45, 7) is 3.66. The molecule has 1 amide bonds. The van der Waals surface area contributed by atoms with Crippen molar-refractivity contribution in [3.63, 3.8) is 0 Å². The van der Waals surface area contributed by atoms with Crippen LogP contribution in [0.15, 0.2) is 30.3 Å². The fourth-order valence-corrected chi connectivity index (χ4v) is 2.68. The molecule has 0 saturated carbocycles. The number of rotatable bonds is 6. The molecule has 4 atom stereocenters. The van der Waals surface area contributed by atoms with Crippen molar-refractivity contribution in [1.29, 1.82) is 0 Å². The normalized spacial score (nSPS) is 17.3. The van der Waals surface area contributed by atoms with Gasteiger partial charge in [-0.2, -0.15) is 0 Å². The number of amides is 1. The van der Waals surface area contributed by atoms with Crippen LogP contribution in [0.4, 0.5) is 0 Å². The minimum atomic E-state index is -0.918. The lowest BCUT2D eigenvalue weighted by Gasteiger charge is -2.22. The lowest BCUT2D eigenvalue weighted by Crippen LogP contribution is -2.42. The number of nitrogens with one attached hydrogen (secondary N) is 1. The Labute approximate surface area is 117 Å². The number of hydrogen-bond donors (Lipinski definition) is 2. The average Bonchev–Trinajstić information content (AvgIpc) is 2.36. The van der Waals surface area contributed by atoms with E-state index in [1.807, 2.05) is 44.2 Å². The molecular formula is C14H22N2O2S. The molecule has 0 heterocycles. The molecule has 0 saturated heterocycles. The van der Waals surface area contributed by atoms with Crippen molar-refractivity contribution in [3.05, 3.63) is 35.9 Å². The lowest BCUT2D eigenvalue weighted by atomic mass is 9.94. The molecule has 106 valence electrons. The van der Waals surface area contributed by atoms with Gasteiger partial charge in [0, 0.05) is 34.9 Å². The summed E-state index contributed by atoms with van der Waals surface area (Å²) in [5.74, 6) is 0.0309. The van der Waals surface area contributed by atoms with Gasteiger partial charge < -0.3 is 11.1 Å². The highest BCUT2D eigenvalue weighted by molar-refractivity contribution is 7.84. The van der Waals surface area contributed by atoms with Gasteiger partial charge in [0.15, 0.2) is 0 Å². The van der Waals surface area contributed by atoms with Crippen LogP contribution >= 0.6 is 0 Å². The van der Waals surface area contributed by atoms with E-state index in [0.717, 1.165) is 5.56 Å². The molecule has 0 aliphatic carbocycles. The molecule has 1 aromatic carbocycles. The van der Waals surface area contributed by atoms with Crippen molar-refractivity contribution in [2.45, 2.75) is 25.9 Å². The maximum absolute atomic E-state index is 12.1. The Morgan fingerprint density at radius 1 is 1.32 bits per heavy atom. The molecule has 4 unspecified atom stereocenters. The predicted octanol–water partition coefficient (Wildman–Crippen LogP) is 1.21. The van der Waals surface area contributed by atoms with Crippen LogP contribution in [-0.4, -0.2) is 28.2 Å². The molecule has 0 aliphatic rings. The van der Waals surface area contributed by atoms with Gasteiger partial charge >= 0.3 is 0 Å². The van der Waals surface area contributed by atoms with Crippen molar-refractivity contribution < 1.29 is 9.00 Å². The Hall–Kier alpha value is -1.20. The minimum absolute atomic E-state index is 0.102. The molecular weight excluding hydrogens is 260 g/mol. The first-order chi connectivity index (χ1) is 8.91. The van der Waals surface area contributed by atoms with Crippen molar-refractivity contribution in [2.75, 3.05) is 12.0 Å². The van der Waals surface area contributed by atoms with E-state index in [4.69, 9.17) is 5.73 Å². The van der Waals surface area contributed by atoms with E-state index >= 15 is 0 Å². The zero-order valence-corrected chi connectivity index (χ0v) is 12.4. The average molecular weight is 282 g/mol. The molecule has 1 rings (SSSR count). The molecule has 19 heavy (non-hydrogen) atoms. The zero-order chi connectivity index (χ0) is 14.4. The van der Waals surface area contributed by atoms with Crippen LogP contribution in [0.25, 0.3) is 0 Å². The van der Waals surface area contributed by atoms with Gasteiger partial charge in [-0.3, -0.25) is 9.00 Å². The number of nitrogens with two attached hydrogens (primary N) is 1. The molecule has 0 spiro atoms. The van der Waals surface area contributed by atoms with Crippen molar-refractivity contribution >= 4 is 16.7 Å². The largest absolute Gasteiger partial charge is 0.352 e. The van der Waals surface area contributed by atoms with Gasteiger partial charge in [0.2, 0.25) is 5.91 Å². The first kappa shape index (κ1) is 15.9. The quantitative estimate of drug-likeness (QED) is 0.823. The second kappa shape index (κ2) is 7.40. The van der Waals surface area contributed by atoms with E-state index in [-0.39, 0.29) is 23.9 Å². The summed E-state index contributed by atoms with van der Waals surface area (Å²) in [5, 5.41) is 2.85. The third-order valence-corrected chi connectivity index (χ3v) is 3.98. The Balaban J connectivity index is 2.59. The highest BCUT2D eigenvalue weighted by Gasteiger charge is 2.23. The zero-order valence-electron chi connectivity index (χ0n) is 11.6. The SMILES string of the molecule is CC(CS(C)=O)NC(=O)C(C)C(N)c1ccccc1. The van der Waals surface area contributed by atoms with Gasteiger partial charge in [-0.25, -0.2) is 0 Å². The van der Waals surface area contributed by atoms with E-state index in [1.165, 1.54) is 0 Å². The third kappa shape index (κ3) is 5.12. The number of carbonyl (C=O) groups excluding carboxylic acids is 1. The van der Waals surface area contributed by atoms with Gasteiger partial charge in [-0.05, 0) is 12.5 Å². The van der Waals surface area contributed by atoms with Crippen LogP contribution in [0.3, 0.4) is 0 Å². The second-order valence-electron chi connectivity index (χ2n) is 4.87. The second-order valence-corrected chi connectivity index (χ2v) is 6.35. The molecule has 4 nitrogen and oxygen atoms in total. The van der Waals surface area contributed by atoms with Gasteiger partial charge in [-0.1, -0.05) is 37.3 Å². The topological polar surface area (TPSA) is 72.2 Å². The summed E-state index contributed by atoms with van der Waals surface area (Å²) in [7, 11) is -0.918. The summed E-state index contributed by atoms with van der Waals surface area (Å²) < 4.78 is 11.1. The third-order valence-electron chi connectivity index (χ3n) is 3.01. The number of hydrogen-bond acceptors (Lipinski definition) is 3. The summed E-state index contributed by atoms with van der Waals surface area (Å²) in [6.07, 6.45) is 1.63. The Kier molecular flexibility index (Phi) is 6.18. The Bertz CT molecular complexity index is 436. The van der Waals surface area contributed by atoms with E-state index < -0.39 is 10.8 Å². The molecule has 1 aromatic rings. The minimum Gasteiger partial charge on any atom is -0.352 e. The van der Waals surface area contributed by atoms with E-state index in [0.29, 0.717) is 5.75 Å². The molecule has 0 fully saturated rings. The van der Waals surface area contributed by atoms with Crippen LogP contribution in [-0.2, 0) is 15.6 Å². The highest BCUT2D eigenvalue weighted by Crippen LogP contribution is 2.19. The smallest absolute Gasteiger partial charge is 0.224 e. The first-order valence-electron chi connectivity index (χ1n) is 6.32. The monoisotopic (exact) mass is 282 g/mol. The molecule has 0 bridgehead atoms. The standard InChI is InChI=1S/C14H22N2O2S/c1-10(9-19(3)18)16-14(17)11(2)13(15)12-7-5-4-6-8-12/h4-8,10-11,13H,9,15H2,1-3H3,(H,16,17). The predicted molar refractivity (Wildman–Crippen MR) is 79.1 cm³/mol. The Morgan fingerprint density at radius 3 is 2.42 bits per heavy atom. The van der Waals surface area contributed by atoms with E-state index in [1.54, 1.807) is 6.26 Å². The van der Waals surface area contributed by atoms with E-state index in [2.05, 4.69) is 5.32 Å². The number of benzene rings is 1. The van der Waals surface area contributed by atoms with Crippen LogP contribution in [0.5, 0.6) is 0 Å². The summed E-state index contributed by atoms with van der Waals surface area (Å²) in [4.78, 5) is 12.1. The summed E-state index contributed by atoms with van der Waals surface area (Å²) in [5.41, 5.74) is 7.04. The van der Waals surface area contributed by atoms with E-state index in [9.17, 15) is 9.00 Å².